The van der Waals surface area contributed by atoms with Crippen molar-refractivity contribution in [3.8, 4) is 0 Å². The van der Waals surface area contributed by atoms with Gasteiger partial charge in [-0.15, -0.1) is 0 Å². The Labute approximate surface area is 121 Å². The molecule has 1 amide bonds. The molecule has 0 aliphatic rings. The van der Waals surface area contributed by atoms with E-state index in [1.807, 2.05) is 50.8 Å². The zero-order valence-corrected chi connectivity index (χ0v) is 12.9. The molecule has 0 unspecified atom stereocenters. The highest BCUT2D eigenvalue weighted by atomic mass is 16.3. The van der Waals surface area contributed by atoms with E-state index in [2.05, 4.69) is 5.32 Å². The molecule has 0 aliphatic heterocycles. The van der Waals surface area contributed by atoms with Crippen molar-refractivity contribution in [3.63, 3.8) is 0 Å². The van der Waals surface area contributed by atoms with Crippen molar-refractivity contribution in [1.29, 1.82) is 0 Å². The Kier molecular flexibility index (Phi) is 6.52. The number of hydrogen-bond donors (Lipinski definition) is 2. The molecule has 0 aromatic heterocycles. The van der Waals surface area contributed by atoms with Crippen molar-refractivity contribution >= 4 is 11.6 Å². The molecule has 0 fully saturated rings. The Morgan fingerprint density at radius 3 is 2.65 bits per heavy atom. The molecule has 0 atom stereocenters. The van der Waals surface area contributed by atoms with Crippen LogP contribution >= 0.6 is 0 Å². The van der Waals surface area contributed by atoms with Gasteiger partial charge >= 0.3 is 0 Å². The molecule has 1 aromatic rings. The fraction of sp³-hybridized carbons (Fsp3) is 0.562. The number of nitrogens with zero attached hydrogens (tertiary/aromatic N) is 1. The van der Waals surface area contributed by atoms with E-state index in [1.54, 1.807) is 0 Å². The number of carbonyl (C=O) groups excluding carboxylic acids is 1. The number of aryl methyl sites for hydroxylation is 1. The molecule has 1 aromatic carbocycles. The number of rotatable bonds is 7. The van der Waals surface area contributed by atoms with E-state index in [0.717, 1.165) is 17.8 Å². The van der Waals surface area contributed by atoms with E-state index in [4.69, 9.17) is 5.11 Å². The third-order valence-electron chi connectivity index (χ3n) is 3.21. The lowest BCUT2D eigenvalue weighted by Gasteiger charge is -2.27. The first-order valence-electron chi connectivity index (χ1n) is 7.27. The van der Waals surface area contributed by atoms with Crippen LogP contribution in [0.2, 0.25) is 0 Å². The lowest BCUT2D eigenvalue weighted by atomic mass is 10.1. The number of aliphatic hydroxyl groups is 1. The van der Waals surface area contributed by atoms with Crippen molar-refractivity contribution in [2.45, 2.75) is 40.2 Å². The molecule has 1 rings (SSSR count). The van der Waals surface area contributed by atoms with E-state index in [9.17, 15) is 4.79 Å². The molecule has 0 saturated carbocycles. The van der Waals surface area contributed by atoms with Crippen LogP contribution in [-0.2, 0) is 0 Å². The highest BCUT2D eigenvalue weighted by Crippen LogP contribution is 2.20. The topological polar surface area (TPSA) is 52.6 Å². The third kappa shape index (κ3) is 4.23. The van der Waals surface area contributed by atoms with Crippen molar-refractivity contribution < 1.29 is 9.90 Å². The minimum atomic E-state index is 0.0180. The lowest BCUT2D eigenvalue weighted by Crippen LogP contribution is -2.38. The first kappa shape index (κ1) is 16.5. The van der Waals surface area contributed by atoms with E-state index in [1.165, 1.54) is 0 Å². The van der Waals surface area contributed by atoms with Crippen LogP contribution in [0, 0.1) is 6.92 Å². The summed E-state index contributed by atoms with van der Waals surface area (Å²) < 4.78 is 0. The summed E-state index contributed by atoms with van der Waals surface area (Å²) >= 11 is 0. The minimum Gasteiger partial charge on any atom is -0.396 e. The maximum absolute atomic E-state index is 12.7. The summed E-state index contributed by atoms with van der Waals surface area (Å²) in [5.41, 5.74) is 2.71. The molecule has 4 nitrogen and oxygen atoms in total. The lowest BCUT2D eigenvalue weighted by molar-refractivity contribution is 0.0694. The fourth-order valence-electron chi connectivity index (χ4n) is 2.17. The summed E-state index contributed by atoms with van der Waals surface area (Å²) in [5, 5.41) is 12.2. The van der Waals surface area contributed by atoms with Crippen LogP contribution in [0.5, 0.6) is 0 Å². The first-order chi connectivity index (χ1) is 9.51. The highest BCUT2D eigenvalue weighted by molar-refractivity contribution is 5.99. The van der Waals surface area contributed by atoms with Gasteiger partial charge in [-0.1, -0.05) is 6.07 Å². The van der Waals surface area contributed by atoms with Crippen LogP contribution in [0.15, 0.2) is 18.2 Å². The van der Waals surface area contributed by atoms with Gasteiger partial charge in [-0.25, -0.2) is 0 Å². The second-order valence-corrected chi connectivity index (χ2v) is 5.25. The second-order valence-electron chi connectivity index (χ2n) is 5.25. The summed E-state index contributed by atoms with van der Waals surface area (Å²) in [6.07, 6.45) is 0.603. The van der Waals surface area contributed by atoms with Crippen LogP contribution in [0.1, 0.15) is 43.1 Å². The SMILES string of the molecule is CCNc1cc(C)ccc1C(=O)N(CCCO)C(C)C. The monoisotopic (exact) mass is 278 g/mol. The quantitative estimate of drug-likeness (QED) is 0.806. The largest absolute Gasteiger partial charge is 0.396 e. The van der Waals surface area contributed by atoms with E-state index < -0.39 is 0 Å². The van der Waals surface area contributed by atoms with Crippen molar-refractivity contribution in [2.24, 2.45) is 0 Å². The van der Waals surface area contributed by atoms with Crippen LogP contribution in [0.3, 0.4) is 0 Å². The number of benzene rings is 1. The average molecular weight is 278 g/mol. The highest BCUT2D eigenvalue weighted by Gasteiger charge is 2.20. The number of hydrogen-bond acceptors (Lipinski definition) is 3. The Bertz CT molecular complexity index is 444. The maximum atomic E-state index is 12.7. The van der Waals surface area contributed by atoms with Gasteiger partial charge in [-0.3, -0.25) is 4.79 Å². The van der Waals surface area contributed by atoms with Gasteiger partial charge in [0.15, 0.2) is 0 Å². The van der Waals surface area contributed by atoms with E-state index >= 15 is 0 Å². The molecular formula is C16H26N2O2. The zero-order valence-electron chi connectivity index (χ0n) is 12.9. The molecule has 0 radical (unpaired) electrons. The number of aliphatic hydroxyl groups excluding tert-OH is 1. The Morgan fingerprint density at radius 2 is 2.10 bits per heavy atom. The summed E-state index contributed by atoms with van der Waals surface area (Å²) in [4.78, 5) is 14.5. The first-order valence-corrected chi connectivity index (χ1v) is 7.27. The maximum Gasteiger partial charge on any atom is 0.256 e. The molecule has 0 heterocycles. The van der Waals surface area contributed by atoms with E-state index in [-0.39, 0.29) is 18.6 Å². The van der Waals surface area contributed by atoms with Gasteiger partial charge in [0.1, 0.15) is 0 Å². The number of nitrogens with one attached hydrogen (secondary N) is 1. The molecule has 112 valence electrons. The van der Waals surface area contributed by atoms with Crippen molar-refractivity contribution in [1.82, 2.24) is 4.90 Å². The molecule has 0 bridgehead atoms. The number of amides is 1. The predicted molar refractivity (Wildman–Crippen MR) is 83.2 cm³/mol. The molecule has 4 heteroatoms. The van der Waals surface area contributed by atoms with Crippen LogP contribution in [-0.4, -0.2) is 41.7 Å². The standard InChI is InChI=1S/C16H26N2O2/c1-5-17-15-11-13(4)7-8-14(15)16(20)18(12(2)3)9-6-10-19/h7-8,11-12,17,19H,5-6,9-10H2,1-4H3. The summed E-state index contributed by atoms with van der Waals surface area (Å²) in [6, 6.07) is 5.95. The molecule has 20 heavy (non-hydrogen) atoms. The Morgan fingerprint density at radius 1 is 1.40 bits per heavy atom. The Balaban J connectivity index is 3.04. The van der Waals surface area contributed by atoms with Crippen LogP contribution in [0.25, 0.3) is 0 Å². The van der Waals surface area contributed by atoms with E-state index in [0.29, 0.717) is 18.5 Å². The van der Waals surface area contributed by atoms with Gasteiger partial charge in [0, 0.05) is 31.4 Å². The van der Waals surface area contributed by atoms with Gasteiger partial charge in [-0.2, -0.15) is 0 Å². The normalized spacial score (nSPS) is 10.7. The molecule has 0 aliphatic carbocycles. The van der Waals surface area contributed by atoms with Crippen LogP contribution in [0.4, 0.5) is 5.69 Å². The summed E-state index contributed by atoms with van der Waals surface area (Å²) in [7, 11) is 0. The van der Waals surface area contributed by atoms with Crippen LogP contribution < -0.4 is 5.32 Å². The number of carbonyl (C=O) groups is 1. The smallest absolute Gasteiger partial charge is 0.256 e. The molecular weight excluding hydrogens is 252 g/mol. The molecule has 0 spiro atoms. The summed E-state index contributed by atoms with van der Waals surface area (Å²) in [5.74, 6) is 0.0180. The molecule has 2 N–H and O–H groups in total. The fourth-order valence-corrected chi connectivity index (χ4v) is 2.17. The number of anilines is 1. The minimum absolute atomic E-state index is 0.0180. The predicted octanol–water partition coefficient (Wildman–Crippen LogP) is 2.66. The van der Waals surface area contributed by atoms with Gasteiger partial charge in [0.05, 0.1) is 5.56 Å². The second kappa shape index (κ2) is 7.90. The van der Waals surface area contributed by atoms with Gasteiger partial charge < -0.3 is 15.3 Å². The van der Waals surface area contributed by atoms with Gasteiger partial charge in [-0.05, 0) is 51.8 Å². The van der Waals surface area contributed by atoms with Crippen molar-refractivity contribution in [3.05, 3.63) is 29.3 Å². The van der Waals surface area contributed by atoms with Gasteiger partial charge in [0.25, 0.3) is 5.91 Å². The zero-order chi connectivity index (χ0) is 15.1. The average Bonchev–Trinajstić information content (AvgIpc) is 2.39. The van der Waals surface area contributed by atoms with Gasteiger partial charge in [0.2, 0.25) is 0 Å². The third-order valence-corrected chi connectivity index (χ3v) is 3.21. The van der Waals surface area contributed by atoms with Crippen molar-refractivity contribution in [2.75, 3.05) is 25.0 Å². The summed E-state index contributed by atoms with van der Waals surface area (Å²) in [6.45, 7) is 9.48. The molecule has 0 saturated heterocycles. The Hall–Kier alpha value is -1.55.